The number of benzene rings is 1. The molecule has 3 rings (SSSR count). The van der Waals surface area contributed by atoms with Gasteiger partial charge in [-0.25, -0.2) is 13.8 Å². The third-order valence-electron chi connectivity index (χ3n) is 3.15. The second kappa shape index (κ2) is 4.39. The summed E-state index contributed by atoms with van der Waals surface area (Å²) in [4.78, 5) is 0. The highest BCUT2D eigenvalue weighted by atomic mass is 15.3. The van der Waals surface area contributed by atoms with Crippen molar-refractivity contribution in [3.63, 3.8) is 0 Å². The molecule has 0 saturated heterocycles. The molecule has 0 aliphatic carbocycles. The molecule has 0 aliphatic heterocycles. The lowest BCUT2D eigenvalue weighted by Gasteiger charge is -2.05. The average Bonchev–Trinajstić information content (AvgIpc) is 2.96. The van der Waals surface area contributed by atoms with E-state index in [1.165, 1.54) is 0 Å². The molecule has 4 heteroatoms. The third kappa shape index (κ3) is 2.17. The molecule has 4 nitrogen and oxygen atoms in total. The smallest absolute Gasteiger partial charge is 0.239 e. The summed E-state index contributed by atoms with van der Waals surface area (Å²) in [5.74, 6) is 0. The van der Waals surface area contributed by atoms with E-state index in [4.69, 9.17) is 0 Å². The highest BCUT2D eigenvalue weighted by molar-refractivity contribution is 5.44. The first-order chi connectivity index (χ1) is 9.13. The molecule has 2 aromatic heterocycles. The Balaban J connectivity index is 2.07. The highest BCUT2D eigenvalue weighted by Gasteiger charge is 2.08. The quantitative estimate of drug-likeness (QED) is 0.642. The predicted molar refractivity (Wildman–Crippen MR) is 73.5 cm³/mol. The Kier molecular flexibility index (Phi) is 2.71. The molecule has 0 spiro atoms. The van der Waals surface area contributed by atoms with Crippen LogP contribution in [0.3, 0.4) is 0 Å². The monoisotopic (exact) mass is 253 g/mol. The molecule has 3 aromatic rings. The van der Waals surface area contributed by atoms with Crippen LogP contribution in [0.1, 0.15) is 11.4 Å². The van der Waals surface area contributed by atoms with Crippen LogP contribution >= 0.6 is 0 Å². The summed E-state index contributed by atoms with van der Waals surface area (Å²) in [5, 5.41) is 4.52. The van der Waals surface area contributed by atoms with Crippen LogP contribution in [0.2, 0.25) is 0 Å². The van der Waals surface area contributed by atoms with Crippen molar-refractivity contribution in [2.45, 2.75) is 13.8 Å². The molecule has 0 bridgehead atoms. The number of nitrogens with zero attached hydrogens (tertiary/aromatic N) is 4. The Labute approximate surface area is 112 Å². The molecule has 0 atom stereocenters. The minimum Gasteiger partial charge on any atom is -0.239 e. The lowest BCUT2D eigenvalue weighted by Crippen LogP contribution is -2.23. The largest absolute Gasteiger partial charge is 0.248 e. The fourth-order valence-electron chi connectivity index (χ4n) is 2.28. The standard InChI is InChI=1S/C15H17N4/c1-12-9-13(2)19(16-12)15-6-4-5-14(10-15)18-8-7-17(3)11-18/h4-11H,1-3H3/q+1. The first-order valence-corrected chi connectivity index (χ1v) is 6.31. The van der Waals surface area contributed by atoms with Gasteiger partial charge in [-0.2, -0.15) is 5.10 Å². The van der Waals surface area contributed by atoms with Crippen molar-refractivity contribution in [2.24, 2.45) is 7.05 Å². The van der Waals surface area contributed by atoms with Crippen LogP contribution in [0.5, 0.6) is 0 Å². The Morgan fingerprint density at radius 1 is 1.11 bits per heavy atom. The zero-order valence-electron chi connectivity index (χ0n) is 11.4. The third-order valence-corrected chi connectivity index (χ3v) is 3.15. The number of imidazole rings is 1. The van der Waals surface area contributed by atoms with Crippen LogP contribution in [0, 0.1) is 13.8 Å². The van der Waals surface area contributed by atoms with Gasteiger partial charge in [0, 0.05) is 11.8 Å². The summed E-state index contributed by atoms with van der Waals surface area (Å²) in [6.07, 6.45) is 6.11. The van der Waals surface area contributed by atoms with Gasteiger partial charge in [0.15, 0.2) is 0 Å². The van der Waals surface area contributed by atoms with E-state index in [0.29, 0.717) is 0 Å². The summed E-state index contributed by atoms with van der Waals surface area (Å²) in [6.45, 7) is 4.08. The second-order valence-corrected chi connectivity index (χ2v) is 4.85. The van der Waals surface area contributed by atoms with Crippen molar-refractivity contribution in [3.05, 3.63) is 60.4 Å². The van der Waals surface area contributed by atoms with E-state index in [-0.39, 0.29) is 0 Å². The van der Waals surface area contributed by atoms with Gasteiger partial charge in [0.2, 0.25) is 6.33 Å². The first-order valence-electron chi connectivity index (χ1n) is 6.31. The Hall–Kier alpha value is -2.36. The van der Waals surface area contributed by atoms with E-state index in [2.05, 4.69) is 46.9 Å². The van der Waals surface area contributed by atoms with Gasteiger partial charge in [-0.1, -0.05) is 6.07 Å². The zero-order chi connectivity index (χ0) is 13.4. The van der Waals surface area contributed by atoms with Crippen molar-refractivity contribution in [3.8, 4) is 11.4 Å². The van der Waals surface area contributed by atoms with E-state index in [0.717, 1.165) is 22.8 Å². The number of rotatable bonds is 2. The summed E-state index contributed by atoms with van der Waals surface area (Å²) < 4.78 is 6.09. The van der Waals surface area contributed by atoms with Gasteiger partial charge in [-0.3, -0.25) is 0 Å². The molecule has 0 fully saturated rings. The first kappa shape index (κ1) is 11.7. The Morgan fingerprint density at radius 2 is 1.89 bits per heavy atom. The van der Waals surface area contributed by atoms with Crippen LogP contribution in [0.15, 0.2) is 49.1 Å². The highest BCUT2D eigenvalue weighted by Crippen LogP contribution is 2.15. The number of aryl methyl sites for hydroxylation is 3. The predicted octanol–water partition coefficient (Wildman–Crippen LogP) is 2.10. The maximum atomic E-state index is 4.52. The van der Waals surface area contributed by atoms with E-state index < -0.39 is 0 Å². The van der Waals surface area contributed by atoms with Crippen molar-refractivity contribution < 1.29 is 4.57 Å². The van der Waals surface area contributed by atoms with E-state index in [9.17, 15) is 0 Å². The maximum absolute atomic E-state index is 4.52. The molecular formula is C15H17N4+. The molecule has 0 N–H and O–H groups in total. The van der Waals surface area contributed by atoms with Gasteiger partial charge >= 0.3 is 0 Å². The summed E-state index contributed by atoms with van der Waals surface area (Å²) in [7, 11) is 2.02. The summed E-state index contributed by atoms with van der Waals surface area (Å²) in [6, 6.07) is 10.4. The Bertz CT molecular complexity index is 721. The molecule has 0 radical (unpaired) electrons. The van der Waals surface area contributed by atoms with E-state index in [1.807, 2.05) is 41.9 Å². The van der Waals surface area contributed by atoms with Gasteiger partial charge in [0.1, 0.15) is 18.1 Å². The SMILES string of the molecule is Cc1cc(C)n(-c2cccc(-n3cc[n+](C)c3)c2)n1. The number of aromatic nitrogens is 4. The fraction of sp³-hybridized carbons (Fsp3) is 0.200. The summed E-state index contributed by atoms with van der Waals surface area (Å²) >= 11 is 0. The van der Waals surface area contributed by atoms with Gasteiger partial charge in [-0.15, -0.1) is 0 Å². The molecule has 2 heterocycles. The fourth-order valence-corrected chi connectivity index (χ4v) is 2.28. The van der Waals surface area contributed by atoms with E-state index in [1.54, 1.807) is 0 Å². The van der Waals surface area contributed by atoms with Crippen LogP contribution in [-0.2, 0) is 7.05 Å². The maximum Gasteiger partial charge on any atom is 0.248 e. The molecule has 0 unspecified atom stereocenters. The molecule has 1 aromatic carbocycles. The van der Waals surface area contributed by atoms with Crippen LogP contribution in [0.4, 0.5) is 0 Å². The van der Waals surface area contributed by atoms with Crippen LogP contribution < -0.4 is 4.57 Å². The van der Waals surface area contributed by atoms with Crippen molar-refractivity contribution in [1.82, 2.24) is 14.3 Å². The average molecular weight is 253 g/mol. The summed E-state index contributed by atoms with van der Waals surface area (Å²) in [5.41, 5.74) is 4.40. The van der Waals surface area contributed by atoms with Crippen molar-refractivity contribution in [1.29, 1.82) is 0 Å². The molecule has 19 heavy (non-hydrogen) atoms. The number of hydrogen-bond donors (Lipinski definition) is 0. The van der Waals surface area contributed by atoms with Crippen LogP contribution in [-0.4, -0.2) is 14.3 Å². The molecule has 0 saturated carbocycles. The lowest BCUT2D eigenvalue weighted by molar-refractivity contribution is -0.670. The Morgan fingerprint density at radius 3 is 2.53 bits per heavy atom. The number of hydrogen-bond acceptors (Lipinski definition) is 1. The second-order valence-electron chi connectivity index (χ2n) is 4.85. The zero-order valence-corrected chi connectivity index (χ0v) is 11.4. The van der Waals surface area contributed by atoms with Gasteiger partial charge in [0.25, 0.3) is 0 Å². The van der Waals surface area contributed by atoms with Gasteiger partial charge < -0.3 is 0 Å². The topological polar surface area (TPSA) is 26.6 Å². The lowest BCUT2D eigenvalue weighted by atomic mass is 10.2. The molecule has 0 amide bonds. The molecule has 96 valence electrons. The van der Waals surface area contributed by atoms with Crippen molar-refractivity contribution in [2.75, 3.05) is 0 Å². The molecular weight excluding hydrogens is 236 g/mol. The van der Waals surface area contributed by atoms with Crippen molar-refractivity contribution >= 4 is 0 Å². The van der Waals surface area contributed by atoms with Crippen LogP contribution in [0.25, 0.3) is 11.4 Å². The minimum absolute atomic E-state index is 1.04. The van der Waals surface area contributed by atoms with Gasteiger partial charge in [-0.05, 0) is 32.0 Å². The minimum atomic E-state index is 1.04. The normalized spacial score (nSPS) is 10.9. The van der Waals surface area contributed by atoms with Gasteiger partial charge in [0.05, 0.1) is 18.4 Å². The molecule has 0 aliphatic rings. The van der Waals surface area contributed by atoms with E-state index >= 15 is 0 Å².